The van der Waals surface area contributed by atoms with Crippen LogP contribution in [0.2, 0.25) is 0 Å². The minimum atomic E-state index is -0.177. The quantitative estimate of drug-likeness (QED) is 0.445. The lowest BCUT2D eigenvalue weighted by Gasteiger charge is -2.11. The number of hydrogen-bond acceptors (Lipinski definition) is 3. The molecular formula is C14H18Br3N3O. The number of halogens is 3. The van der Waals surface area contributed by atoms with Gasteiger partial charge in [0.25, 0.3) is 5.91 Å². The van der Waals surface area contributed by atoms with Crippen LogP contribution < -0.4 is 10.7 Å². The molecule has 0 radical (unpaired) electrons. The van der Waals surface area contributed by atoms with E-state index in [-0.39, 0.29) is 12.5 Å². The van der Waals surface area contributed by atoms with Crippen molar-refractivity contribution < 1.29 is 4.79 Å². The molecule has 0 fully saturated rings. The second-order valence-electron chi connectivity index (χ2n) is 4.74. The molecule has 0 saturated heterocycles. The first-order valence-corrected chi connectivity index (χ1v) is 8.96. The van der Waals surface area contributed by atoms with Crippen LogP contribution in [0.25, 0.3) is 0 Å². The van der Waals surface area contributed by atoms with E-state index in [4.69, 9.17) is 0 Å². The van der Waals surface area contributed by atoms with Gasteiger partial charge in [-0.3, -0.25) is 4.79 Å². The molecule has 0 aliphatic heterocycles. The number of nitrogens with zero attached hydrogens (tertiary/aromatic N) is 1. The predicted molar refractivity (Wildman–Crippen MR) is 98.7 cm³/mol. The first-order valence-electron chi connectivity index (χ1n) is 6.58. The Morgan fingerprint density at radius 3 is 2.29 bits per heavy atom. The number of nitrogens with one attached hydrogen (secondary N) is 2. The standard InChI is InChI=1S/C14H18Br3N3O/c1-4-12(8(2)3)19-20-13(21)7-18-14-10(16)5-9(15)6-11(14)17/h5-6,8,18H,4,7H2,1-3H3,(H,20,21)/b19-12+. The highest BCUT2D eigenvalue weighted by Gasteiger charge is 2.09. The summed E-state index contributed by atoms with van der Waals surface area (Å²) in [6, 6.07) is 3.83. The van der Waals surface area contributed by atoms with Crippen molar-refractivity contribution in [3.05, 3.63) is 25.6 Å². The van der Waals surface area contributed by atoms with E-state index in [1.165, 1.54) is 0 Å². The molecule has 1 rings (SSSR count). The van der Waals surface area contributed by atoms with Crippen molar-refractivity contribution >= 4 is 65.1 Å². The molecule has 1 aromatic rings. The molecule has 2 N–H and O–H groups in total. The smallest absolute Gasteiger partial charge is 0.259 e. The molecule has 0 atom stereocenters. The van der Waals surface area contributed by atoms with Gasteiger partial charge in [0.15, 0.2) is 0 Å². The maximum Gasteiger partial charge on any atom is 0.259 e. The van der Waals surface area contributed by atoms with Gasteiger partial charge in [-0.2, -0.15) is 5.10 Å². The Labute approximate surface area is 150 Å². The van der Waals surface area contributed by atoms with Gasteiger partial charge < -0.3 is 5.32 Å². The fraction of sp³-hybridized carbons (Fsp3) is 0.429. The van der Waals surface area contributed by atoms with Gasteiger partial charge in [0.1, 0.15) is 0 Å². The van der Waals surface area contributed by atoms with Crippen molar-refractivity contribution in [2.45, 2.75) is 27.2 Å². The fourth-order valence-electron chi connectivity index (χ4n) is 1.67. The Hall–Kier alpha value is -0.400. The van der Waals surface area contributed by atoms with E-state index < -0.39 is 0 Å². The van der Waals surface area contributed by atoms with Crippen LogP contribution in [0.1, 0.15) is 27.2 Å². The van der Waals surface area contributed by atoms with Gasteiger partial charge in [0.05, 0.1) is 12.2 Å². The lowest BCUT2D eigenvalue weighted by atomic mass is 10.1. The molecule has 7 heteroatoms. The summed E-state index contributed by atoms with van der Waals surface area (Å²) in [5.41, 5.74) is 4.39. The molecule has 0 unspecified atom stereocenters. The molecule has 0 spiro atoms. The van der Waals surface area contributed by atoms with Crippen molar-refractivity contribution in [1.82, 2.24) is 5.43 Å². The van der Waals surface area contributed by atoms with Crippen LogP contribution in [-0.4, -0.2) is 18.2 Å². The number of hydrogen-bond donors (Lipinski definition) is 2. The first-order chi connectivity index (χ1) is 9.85. The van der Waals surface area contributed by atoms with Crippen LogP contribution >= 0.6 is 47.8 Å². The zero-order valence-corrected chi connectivity index (χ0v) is 16.9. The summed E-state index contributed by atoms with van der Waals surface area (Å²) in [5.74, 6) is 0.154. The van der Waals surface area contributed by atoms with Crippen molar-refractivity contribution in [1.29, 1.82) is 0 Å². The maximum atomic E-state index is 11.8. The van der Waals surface area contributed by atoms with Crippen LogP contribution in [0.5, 0.6) is 0 Å². The monoisotopic (exact) mass is 481 g/mol. The number of anilines is 1. The Morgan fingerprint density at radius 1 is 1.24 bits per heavy atom. The van der Waals surface area contributed by atoms with E-state index in [1.807, 2.05) is 19.1 Å². The van der Waals surface area contributed by atoms with Gasteiger partial charge in [-0.05, 0) is 56.3 Å². The summed E-state index contributed by atoms with van der Waals surface area (Å²) < 4.78 is 2.69. The third-order valence-corrected chi connectivity index (χ3v) is 4.49. The van der Waals surface area contributed by atoms with Gasteiger partial charge >= 0.3 is 0 Å². The average molecular weight is 484 g/mol. The lowest BCUT2D eigenvalue weighted by molar-refractivity contribution is -0.119. The summed E-state index contributed by atoms with van der Waals surface area (Å²) in [6.45, 7) is 6.29. The Bertz CT molecular complexity index is 521. The average Bonchev–Trinajstić information content (AvgIpc) is 2.37. The van der Waals surface area contributed by atoms with E-state index in [2.05, 4.69) is 77.5 Å². The van der Waals surface area contributed by atoms with Gasteiger partial charge in [-0.15, -0.1) is 0 Å². The largest absolute Gasteiger partial charge is 0.374 e. The summed E-state index contributed by atoms with van der Waals surface area (Å²) in [5, 5.41) is 7.24. The molecule has 0 aliphatic carbocycles. The van der Waals surface area contributed by atoms with Gasteiger partial charge in [0.2, 0.25) is 0 Å². The number of benzene rings is 1. The van der Waals surface area contributed by atoms with Gasteiger partial charge in [0, 0.05) is 19.1 Å². The molecule has 116 valence electrons. The topological polar surface area (TPSA) is 53.5 Å². The maximum absolute atomic E-state index is 11.8. The number of rotatable bonds is 6. The number of hydrazone groups is 1. The minimum absolute atomic E-state index is 0.150. The number of carbonyl (C=O) groups excluding carboxylic acids is 1. The van der Waals surface area contributed by atoms with Crippen LogP contribution in [0, 0.1) is 5.92 Å². The molecule has 0 saturated carbocycles. The Kier molecular flexibility index (Phi) is 7.90. The normalized spacial score (nSPS) is 11.7. The van der Waals surface area contributed by atoms with Crippen LogP contribution in [0.3, 0.4) is 0 Å². The first kappa shape index (κ1) is 18.6. The third-order valence-electron chi connectivity index (χ3n) is 2.79. The molecule has 1 amide bonds. The second kappa shape index (κ2) is 8.90. The van der Waals surface area contributed by atoms with Crippen LogP contribution in [0.4, 0.5) is 5.69 Å². The highest BCUT2D eigenvalue weighted by molar-refractivity contribution is 9.11. The molecule has 0 heterocycles. The van der Waals surface area contributed by atoms with Gasteiger partial charge in [-0.1, -0.05) is 36.7 Å². The molecule has 0 bridgehead atoms. The van der Waals surface area contributed by atoms with Crippen molar-refractivity contribution in [2.75, 3.05) is 11.9 Å². The summed E-state index contributed by atoms with van der Waals surface area (Å²) in [7, 11) is 0. The number of carbonyl (C=O) groups is 1. The summed E-state index contributed by atoms with van der Waals surface area (Å²) in [6.07, 6.45) is 0.829. The SMILES string of the molecule is CC/C(=N\NC(=O)CNc1c(Br)cc(Br)cc1Br)C(C)C. The van der Waals surface area contributed by atoms with Crippen LogP contribution in [-0.2, 0) is 4.79 Å². The highest BCUT2D eigenvalue weighted by Crippen LogP contribution is 2.34. The zero-order chi connectivity index (χ0) is 16.0. The zero-order valence-electron chi connectivity index (χ0n) is 12.1. The van der Waals surface area contributed by atoms with E-state index in [1.54, 1.807) is 0 Å². The van der Waals surface area contributed by atoms with E-state index >= 15 is 0 Å². The van der Waals surface area contributed by atoms with E-state index in [0.717, 1.165) is 31.2 Å². The Balaban J connectivity index is 2.62. The highest BCUT2D eigenvalue weighted by atomic mass is 79.9. The van der Waals surface area contributed by atoms with E-state index in [9.17, 15) is 4.79 Å². The third kappa shape index (κ3) is 6.08. The molecule has 0 aromatic heterocycles. The van der Waals surface area contributed by atoms with E-state index in [0.29, 0.717) is 5.92 Å². The van der Waals surface area contributed by atoms with Gasteiger partial charge in [-0.25, -0.2) is 5.43 Å². The predicted octanol–water partition coefficient (Wildman–Crippen LogP) is 4.92. The van der Waals surface area contributed by atoms with Crippen molar-refractivity contribution in [3.63, 3.8) is 0 Å². The summed E-state index contributed by atoms with van der Waals surface area (Å²) in [4.78, 5) is 11.8. The number of amides is 1. The molecule has 0 aliphatic rings. The lowest BCUT2D eigenvalue weighted by Crippen LogP contribution is -2.27. The fourth-order valence-corrected chi connectivity index (χ4v) is 4.21. The van der Waals surface area contributed by atoms with Crippen molar-refractivity contribution in [2.24, 2.45) is 11.0 Å². The molecule has 4 nitrogen and oxygen atoms in total. The summed E-state index contributed by atoms with van der Waals surface area (Å²) >= 11 is 10.3. The Morgan fingerprint density at radius 2 is 1.81 bits per heavy atom. The second-order valence-corrected chi connectivity index (χ2v) is 7.37. The molecule has 1 aromatic carbocycles. The molecule has 21 heavy (non-hydrogen) atoms. The molecular weight excluding hydrogens is 466 g/mol. The van der Waals surface area contributed by atoms with Crippen LogP contribution in [0.15, 0.2) is 30.7 Å². The van der Waals surface area contributed by atoms with Crippen molar-refractivity contribution in [3.8, 4) is 0 Å². The minimum Gasteiger partial charge on any atom is -0.374 e.